The standard InChI is InChI=1S/C31H29ClFN7O/c1-4-26-34-14-19-15-38(9-10-40(19)26)30-24-13-25(32)27(23-12-21(41)11-18-7-5-6-8-22(18)23)28(33)29(24)35-31(36-30)39-16-20(17-39)37(2)3/h4-8,11-14,20,41H,1,9-10,15-17H2,2-3H3. The van der Waals surface area contributed by atoms with Gasteiger partial charge in [-0.05, 0) is 54.7 Å². The number of imidazole rings is 1. The Hall–Kier alpha value is -4.21. The number of rotatable bonds is 5. The van der Waals surface area contributed by atoms with Gasteiger partial charge in [0.1, 0.15) is 22.9 Å². The molecule has 1 saturated heterocycles. The molecule has 0 saturated carbocycles. The summed E-state index contributed by atoms with van der Waals surface area (Å²) >= 11 is 6.87. The summed E-state index contributed by atoms with van der Waals surface area (Å²) in [5.41, 5.74) is 1.97. The van der Waals surface area contributed by atoms with Crippen molar-refractivity contribution < 1.29 is 9.50 Å². The van der Waals surface area contributed by atoms with Crippen molar-refractivity contribution in [3.05, 3.63) is 77.6 Å². The molecule has 1 fully saturated rings. The van der Waals surface area contributed by atoms with Crippen LogP contribution in [0.1, 0.15) is 11.5 Å². The number of nitrogens with zero attached hydrogens (tertiary/aromatic N) is 7. The Bertz CT molecular complexity index is 1850. The van der Waals surface area contributed by atoms with Gasteiger partial charge in [-0.15, -0.1) is 0 Å². The highest BCUT2D eigenvalue weighted by atomic mass is 35.5. The van der Waals surface area contributed by atoms with Crippen LogP contribution in [0.3, 0.4) is 0 Å². The van der Waals surface area contributed by atoms with Crippen LogP contribution in [0.4, 0.5) is 16.2 Å². The minimum Gasteiger partial charge on any atom is -0.508 e. The Kier molecular flexibility index (Phi) is 6.10. The fourth-order valence-corrected chi connectivity index (χ4v) is 6.19. The molecular weight excluding hydrogens is 541 g/mol. The lowest BCUT2D eigenvalue weighted by atomic mass is 9.96. The van der Waals surface area contributed by atoms with E-state index in [1.165, 1.54) is 0 Å². The van der Waals surface area contributed by atoms with E-state index in [0.29, 0.717) is 48.4 Å². The van der Waals surface area contributed by atoms with Gasteiger partial charge in [-0.2, -0.15) is 4.98 Å². The van der Waals surface area contributed by atoms with E-state index in [1.807, 2.05) is 30.5 Å². The van der Waals surface area contributed by atoms with E-state index in [9.17, 15) is 5.11 Å². The van der Waals surface area contributed by atoms with E-state index < -0.39 is 5.82 Å². The Morgan fingerprint density at radius 2 is 1.88 bits per heavy atom. The summed E-state index contributed by atoms with van der Waals surface area (Å²) in [5.74, 6) is 1.47. The number of hydrogen-bond acceptors (Lipinski definition) is 7. The minimum atomic E-state index is -0.533. The van der Waals surface area contributed by atoms with Gasteiger partial charge in [0.25, 0.3) is 0 Å². The van der Waals surface area contributed by atoms with Crippen LogP contribution in [0.25, 0.3) is 38.9 Å². The number of phenols is 1. The highest BCUT2D eigenvalue weighted by Crippen LogP contribution is 2.43. The second kappa shape index (κ2) is 9.71. The smallest absolute Gasteiger partial charge is 0.228 e. The Morgan fingerprint density at radius 3 is 2.66 bits per heavy atom. The maximum absolute atomic E-state index is 16.8. The Balaban J connectivity index is 1.42. The van der Waals surface area contributed by atoms with Crippen molar-refractivity contribution in [1.29, 1.82) is 0 Å². The maximum atomic E-state index is 16.8. The van der Waals surface area contributed by atoms with Gasteiger partial charge in [-0.1, -0.05) is 42.4 Å². The van der Waals surface area contributed by atoms with Crippen molar-refractivity contribution >= 4 is 51.1 Å². The van der Waals surface area contributed by atoms with Gasteiger partial charge in [-0.3, -0.25) is 0 Å². The summed E-state index contributed by atoms with van der Waals surface area (Å²) in [7, 11) is 4.10. The molecule has 2 aliphatic heterocycles. The average Bonchev–Trinajstić information content (AvgIpc) is 3.34. The molecule has 0 spiro atoms. The normalized spacial score (nSPS) is 15.5. The lowest BCUT2D eigenvalue weighted by Gasteiger charge is -2.43. The van der Waals surface area contributed by atoms with Crippen LogP contribution in [-0.2, 0) is 13.1 Å². The molecule has 2 aliphatic rings. The predicted octanol–water partition coefficient (Wildman–Crippen LogP) is 5.56. The molecule has 0 radical (unpaired) electrons. The molecule has 4 heterocycles. The topological polar surface area (TPSA) is 73.6 Å². The SMILES string of the molecule is C=Cc1ncc2n1CCN(c1nc(N3CC(N(C)C)C3)nc3c(F)c(-c4cc(O)cc5ccccc45)c(Cl)cc13)C2. The van der Waals surface area contributed by atoms with Gasteiger partial charge in [0.15, 0.2) is 5.82 Å². The monoisotopic (exact) mass is 569 g/mol. The lowest BCUT2D eigenvalue weighted by Crippen LogP contribution is -2.58. The second-order valence-corrected chi connectivity index (χ2v) is 11.3. The number of likely N-dealkylation sites (N-methyl/N-ethyl adjacent to an activating group) is 1. The second-order valence-electron chi connectivity index (χ2n) is 10.9. The molecule has 10 heteroatoms. The first-order chi connectivity index (χ1) is 19.8. The third kappa shape index (κ3) is 4.19. The van der Waals surface area contributed by atoms with Gasteiger partial charge >= 0.3 is 0 Å². The molecule has 0 amide bonds. The van der Waals surface area contributed by atoms with Crippen LogP contribution >= 0.6 is 11.6 Å². The average molecular weight is 570 g/mol. The minimum absolute atomic E-state index is 0.0393. The van der Waals surface area contributed by atoms with Crippen LogP contribution < -0.4 is 9.80 Å². The highest BCUT2D eigenvalue weighted by Gasteiger charge is 2.33. The number of phenolic OH excluding ortho intramolecular Hbond substituents is 1. The molecule has 0 atom stereocenters. The third-order valence-corrected chi connectivity index (χ3v) is 8.54. The van der Waals surface area contributed by atoms with Crippen molar-refractivity contribution in [2.24, 2.45) is 0 Å². The maximum Gasteiger partial charge on any atom is 0.228 e. The summed E-state index contributed by atoms with van der Waals surface area (Å²) in [6.45, 7) is 7.31. The molecule has 41 heavy (non-hydrogen) atoms. The van der Waals surface area contributed by atoms with E-state index in [1.54, 1.807) is 24.3 Å². The zero-order valence-electron chi connectivity index (χ0n) is 22.8. The van der Waals surface area contributed by atoms with E-state index in [4.69, 9.17) is 21.6 Å². The molecule has 0 unspecified atom stereocenters. The summed E-state index contributed by atoms with van der Waals surface area (Å²) in [6, 6.07) is 12.9. The molecule has 0 bridgehead atoms. The van der Waals surface area contributed by atoms with Crippen molar-refractivity contribution in [3.8, 4) is 16.9 Å². The number of fused-ring (bicyclic) bond motifs is 3. The lowest BCUT2D eigenvalue weighted by molar-refractivity contribution is 0.245. The van der Waals surface area contributed by atoms with Gasteiger partial charge in [-0.25, -0.2) is 14.4 Å². The summed E-state index contributed by atoms with van der Waals surface area (Å²) in [6.07, 6.45) is 3.60. The fourth-order valence-electron chi connectivity index (χ4n) is 5.90. The molecule has 0 aliphatic carbocycles. The molecule has 7 rings (SSSR count). The first-order valence-electron chi connectivity index (χ1n) is 13.6. The number of halogens is 2. The number of anilines is 2. The van der Waals surface area contributed by atoms with E-state index in [-0.39, 0.29) is 21.9 Å². The van der Waals surface area contributed by atoms with Crippen molar-refractivity contribution in [2.75, 3.05) is 43.5 Å². The largest absolute Gasteiger partial charge is 0.508 e. The molecule has 1 N–H and O–H groups in total. The number of benzene rings is 3. The summed E-state index contributed by atoms with van der Waals surface area (Å²) in [4.78, 5) is 20.6. The highest BCUT2D eigenvalue weighted by molar-refractivity contribution is 6.35. The Morgan fingerprint density at radius 1 is 1.07 bits per heavy atom. The number of aromatic nitrogens is 4. The molecular formula is C31H29ClFN7O. The predicted molar refractivity (Wildman–Crippen MR) is 162 cm³/mol. The fraction of sp³-hybridized carbons (Fsp3) is 0.258. The van der Waals surface area contributed by atoms with Gasteiger partial charge in [0.05, 0.1) is 23.5 Å². The van der Waals surface area contributed by atoms with Crippen LogP contribution in [0.15, 0.2) is 55.2 Å². The van der Waals surface area contributed by atoms with Gasteiger partial charge < -0.3 is 24.4 Å². The molecule has 2 aromatic heterocycles. The molecule has 208 valence electrons. The first-order valence-corrected chi connectivity index (χ1v) is 13.9. The summed E-state index contributed by atoms with van der Waals surface area (Å²) < 4.78 is 18.9. The van der Waals surface area contributed by atoms with E-state index in [0.717, 1.165) is 35.4 Å². The zero-order valence-corrected chi connectivity index (χ0v) is 23.6. The van der Waals surface area contributed by atoms with Crippen LogP contribution in [0.2, 0.25) is 5.02 Å². The first kappa shape index (κ1) is 25.7. The quantitative estimate of drug-likeness (QED) is 0.297. The van der Waals surface area contributed by atoms with E-state index in [2.05, 4.69) is 44.9 Å². The van der Waals surface area contributed by atoms with Crippen molar-refractivity contribution in [3.63, 3.8) is 0 Å². The number of hydrogen-bond donors (Lipinski definition) is 1. The van der Waals surface area contributed by atoms with Gasteiger partial charge in [0.2, 0.25) is 5.95 Å². The van der Waals surface area contributed by atoms with Crippen LogP contribution in [-0.4, -0.2) is 69.3 Å². The third-order valence-electron chi connectivity index (χ3n) is 8.24. The van der Waals surface area contributed by atoms with Crippen LogP contribution in [0, 0.1) is 5.82 Å². The zero-order chi connectivity index (χ0) is 28.4. The molecule has 5 aromatic rings. The summed E-state index contributed by atoms with van der Waals surface area (Å²) in [5, 5.41) is 12.8. The van der Waals surface area contributed by atoms with Gasteiger partial charge in [0, 0.05) is 43.2 Å². The molecule has 3 aromatic carbocycles. The Labute approximate surface area is 241 Å². The molecule has 8 nitrogen and oxygen atoms in total. The van der Waals surface area contributed by atoms with E-state index >= 15 is 4.39 Å². The van der Waals surface area contributed by atoms with Crippen LogP contribution in [0.5, 0.6) is 5.75 Å². The van der Waals surface area contributed by atoms with Crippen molar-refractivity contribution in [1.82, 2.24) is 24.4 Å². The number of aromatic hydroxyl groups is 1. The van der Waals surface area contributed by atoms with Crippen molar-refractivity contribution in [2.45, 2.75) is 19.1 Å².